The minimum atomic E-state index is -2.07. The van der Waals surface area contributed by atoms with Crippen molar-refractivity contribution in [2.24, 2.45) is 0 Å². The SMILES string of the molecule is CP(C)(=O)c1ccc(C2CNC2)cc1. The summed E-state index contributed by atoms with van der Waals surface area (Å²) in [6, 6.07) is 8.24. The number of rotatable bonds is 2. The van der Waals surface area contributed by atoms with E-state index in [2.05, 4.69) is 17.4 Å². The van der Waals surface area contributed by atoms with E-state index in [0.717, 1.165) is 18.4 Å². The molecule has 3 heteroatoms. The lowest BCUT2D eigenvalue weighted by Crippen LogP contribution is -2.39. The summed E-state index contributed by atoms with van der Waals surface area (Å²) in [5.74, 6) is 0.664. The molecule has 2 rings (SSSR count). The Morgan fingerprint density at radius 2 is 1.79 bits per heavy atom. The summed E-state index contributed by atoms with van der Waals surface area (Å²) in [5.41, 5.74) is 1.36. The monoisotopic (exact) mass is 209 g/mol. The fraction of sp³-hybridized carbons (Fsp3) is 0.455. The zero-order chi connectivity index (χ0) is 10.2. The first kappa shape index (κ1) is 9.95. The minimum absolute atomic E-state index is 0.664. The van der Waals surface area contributed by atoms with E-state index >= 15 is 0 Å². The number of hydrogen-bond acceptors (Lipinski definition) is 2. The van der Waals surface area contributed by atoms with Crippen molar-refractivity contribution in [3.05, 3.63) is 29.8 Å². The number of benzene rings is 1. The lowest BCUT2D eigenvalue weighted by molar-refractivity contribution is 0.448. The van der Waals surface area contributed by atoms with Crippen molar-refractivity contribution in [3.8, 4) is 0 Å². The molecule has 1 saturated heterocycles. The predicted octanol–water partition coefficient (Wildman–Crippen LogP) is 1.62. The van der Waals surface area contributed by atoms with Crippen LogP contribution < -0.4 is 10.6 Å². The molecule has 0 bridgehead atoms. The highest BCUT2D eigenvalue weighted by Crippen LogP contribution is 2.34. The molecule has 14 heavy (non-hydrogen) atoms. The molecule has 1 aliphatic heterocycles. The van der Waals surface area contributed by atoms with Crippen LogP contribution in [0.25, 0.3) is 0 Å². The van der Waals surface area contributed by atoms with E-state index in [1.165, 1.54) is 5.56 Å². The van der Waals surface area contributed by atoms with Crippen molar-refractivity contribution < 1.29 is 4.57 Å². The summed E-state index contributed by atoms with van der Waals surface area (Å²) in [7, 11) is -2.07. The standard InChI is InChI=1S/C11H16NOP/c1-14(2,13)11-5-3-9(4-6-11)10-7-12-8-10/h3-6,10,12H,7-8H2,1-2H3. The molecule has 0 saturated carbocycles. The Hall–Kier alpha value is -0.590. The molecule has 2 nitrogen and oxygen atoms in total. The average molecular weight is 209 g/mol. The van der Waals surface area contributed by atoms with Gasteiger partial charge >= 0.3 is 0 Å². The van der Waals surface area contributed by atoms with E-state index in [1.807, 2.05) is 25.5 Å². The van der Waals surface area contributed by atoms with Crippen LogP contribution in [-0.4, -0.2) is 26.4 Å². The average Bonchev–Trinajstić information content (AvgIpc) is 2.00. The second kappa shape index (κ2) is 3.52. The Bertz CT molecular complexity index is 361. The molecule has 1 aromatic carbocycles. The Morgan fingerprint density at radius 1 is 1.21 bits per heavy atom. The van der Waals surface area contributed by atoms with Crippen LogP contribution in [0, 0.1) is 0 Å². The van der Waals surface area contributed by atoms with Gasteiger partial charge in [-0.15, -0.1) is 0 Å². The molecule has 1 aliphatic rings. The predicted molar refractivity (Wildman–Crippen MR) is 61.1 cm³/mol. The first-order valence-corrected chi connectivity index (χ1v) is 7.54. The Kier molecular flexibility index (Phi) is 2.50. The van der Waals surface area contributed by atoms with Gasteiger partial charge in [-0.1, -0.05) is 24.3 Å². The molecular weight excluding hydrogens is 193 g/mol. The summed E-state index contributed by atoms with van der Waals surface area (Å²) in [4.78, 5) is 0. The molecule has 0 aliphatic carbocycles. The van der Waals surface area contributed by atoms with E-state index in [0.29, 0.717) is 5.92 Å². The third kappa shape index (κ3) is 1.92. The fourth-order valence-corrected chi connectivity index (χ4v) is 2.50. The second-order valence-electron chi connectivity index (χ2n) is 4.30. The fourth-order valence-electron chi connectivity index (χ4n) is 1.63. The topological polar surface area (TPSA) is 29.1 Å². The van der Waals surface area contributed by atoms with Crippen molar-refractivity contribution >= 4 is 12.4 Å². The number of hydrogen-bond donors (Lipinski definition) is 1. The van der Waals surface area contributed by atoms with Gasteiger partial charge in [-0.2, -0.15) is 0 Å². The normalized spacial score (nSPS) is 17.9. The van der Waals surface area contributed by atoms with Crippen LogP contribution in [0.4, 0.5) is 0 Å². The van der Waals surface area contributed by atoms with Gasteiger partial charge in [-0.3, -0.25) is 0 Å². The van der Waals surface area contributed by atoms with Crippen LogP contribution in [0.5, 0.6) is 0 Å². The Balaban J connectivity index is 2.21. The van der Waals surface area contributed by atoms with Gasteiger partial charge in [0.25, 0.3) is 0 Å². The van der Waals surface area contributed by atoms with Crippen LogP contribution in [0.15, 0.2) is 24.3 Å². The second-order valence-corrected chi connectivity index (χ2v) is 7.52. The number of nitrogens with one attached hydrogen (secondary N) is 1. The summed E-state index contributed by atoms with van der Waals surface area (Å²) in [6.07, 6.45) is 0. The molecular formula is C11H16NOP. The van der Waals surface area contributed by atoms with Crippen molar-refractivity contribution in [1.29, 1.82) is 0 Å². The van der Waals surface area contributed by atoms with Crippen molar-refractivity contribution in [2.75, 3.05) is 26.4 Å². The van der Waals surface area contributed by atoms with Gasteiger partial charge in [0, 0.05) is 24.3 Å². The van der Waals surface area contributed by atoms with Gasteiger partial charge in [0.05, 0.1) is 0 Å². The Labute approximate surface area is 85.1 Å². The summed E-state index contributed by atoms with van der Waals surface area (Å²) in [5, 5.41) is 4.23. The van der Waals surface area contributed by atoms with E-state index in [4.69, 9.17) is 0 Å². The van der Waals surface area contributed by atoms with Gasteiger partial charge in [0.2, 0.25) is 0 Å². The molecule has 1 N–H and O–H groups in total. The maximum Gasteiger partial charge on any atom is 0.109 e. The molecule has 1 fully saturated rings. The lowest BCUT2D eigenvalue weighted by atomic mass is 9.94. The minimum Gasteiger partial charge on any atom is -0.319 e. The van der Waals surface area contributed by atoms with E-state index in [9.17, 15) is 4.57 Å². The molecule has 0 amide bonds. The lowest BCUT2D eigenvalue weighted by Gasteiger charge is -2.27. The first-order chi connectivity index (χ1) is 6.57. The highest BCUT2D eigenvalue weighted by molar-refractivity contribution is 7.70. The first-order valence-electron chi connectivity index (χ1n) is 4.93. The van der Waals surface area contributed by atoms with Crippen LogP contribution in [0.1, 0.15) is 11.5 Å². The van der Waals surface area contributed by atoms with E-state index in [1.54, 1.807) is 0 Å². The van der Waals surface area contributed by atoms with Crippen molar-refractivity contribution in [3.63, 3.8) is 0 Å². The maximum atomic E-state index is 11.8. The van der Waals surface area contributed by atoms with Crippen LogP contribution in [0.2, 0.25) is 0 Å². The van der Waals surface area contributed by atoms with Crippen molar-refractivity contribution in [1.82, 2.24) is 5.32 Å². The third-order valence-electron chi connectivity index (χ3n) is 2.77. The smallest absolute Gasteiger partial charge is 0.109 e. The Morgan fingerprint density at radius 3 is 2.14 bits per heavy atom. The molecule has 0 spiro atoms. The molecule has 1 aromatic rings. The largest absolute Gasteiger partial charge is 0.319 e. The molecule has 0 unspecified atom stereocenters. The maximum absolute atomic E-state index is 11.8. The summed E-state index contributed by atoms with van der Waals surface area (Å²) < 4.78 is 11.8. The molecule has 76 valence electrons. The molecule has 0 aromatic heterocycles. The third-order valence-corrected chi connectivity index (χ3v) is 4.31. The van der Waals surface area contributed by atoms with Gasteiger partial charge in [0.1, 0.15) is 7.14 Å². The van der Waals surface area contributed by atoms with E-state index < -0.39 is 7.14 Å². The van der Waals surface area contributed by atoms with Gasteiger partial charge in [-0.05, 0) is 18.9 Å². The van der Waals surface area contributed by atoms with Gasteiger partial charge < -0.3 is 9.88 Å². The molecule has 1 heterocycles. The van der Waals surface area contributed by atoms with Crippen molar-refractivity contribution in [2.45, 2.75) is 5.92 Å². The van der Waals surface area contributed by atoms with Gasteiger partial charge in [-0.25, -0.2) is 0 Å². The van der Waals surface area contributed by atoms with Gasteiger partial charge in [0.15, 0.2) is 0 Å². The van der Waals surface area contributed by atoms with E-state index in [-0.39, 0.29) is 0 Å². The molecule has 0 atom stereocenters. The quantitative estimate of drug-likeness (QED) is 0.750. The van der Waals surface area contributed by atoms with Crippen LogP contribution in [0.3, 0.4) is 0 Å². The zero-order valence-electron chi connectivity index (χ0n) is 8.66. The highest BCUT2D eigenvalue weighted by atomic mass is 31.2. The summed E-state index contributed by atoms with van der Waals surface area (Å²) >= 11 is 0. The van der Waals surface area contributed by atoms with Crippen LogP contribution in [-0.2, 0) is 4.57 Å². The highest BCUT2D eigenvalue weighted by Gasteiger charge is 2.19. The zero-order valence-corrected chi connectivity index (χ0v) is 9.55. The van der Waals surface area contributed by atoms with Crippen LogP contribution >= 0.6 is 7.14 Å². The molecule has 0 radical (unpaired) electrons. The summed E-state index contributed by atoms with van der Waals surface area (Å²) in [6.45, 7) is 5.78.